The highest BCUT2D eigenvalue weighted by Crippen LogP contribution is 2.26. The van der Waals surface area contributed by atoms with Gasteiger partial charge >= 0.3 is 0 Å². The van der Waals surface area contributed by atoms with Crippen molar-refractivity contribution in [3.05, 3.63) is 65.9 Å². The molecule has 130 valence electrons. The van der Waals surface area contributed by atoms with Crippen molar-refractivity contribution < 1.29 is 9.18 Å². The van der Waals surface area contributed by atoms with Crippen LogP contribution in [0.5, 0.6) is 0 Å². The van der Waals surface area contributed by atoms with Gasteiger partial charge in [0, 0.05) is 24.7 Å². The highest BCUT2D eigenvalue weighted by Gasteiger charge is 2.22. The fraction of sp³-hybridized carbons (Fsp3) is 0.263. The van der Waals surface area contributed by atoms with Gasteiger partial charge in [0.25, 0.3) is 5.91 Å². The zero-order valence-corrected chi connectivity index (χ0v) is 14.7. The summed E-state index contributed by atoms with van der Waals surface area (Å²) in [6.45, 7) is 6.15. The Bertz CT molecular complexity index is 900. The number of benzene rings is 1. The maximum Gasteiger partial charge on any atom is 0.273 e. The van der Waals surface area contributed by atoms with Crippen molar-refractivity contribution in [1.29, 1.82) is 0 Å². The van der Waals surface area contributed by atoms with E-state index in [9.17, 15) is 9.18 Å². The average Bonchev–Trinajstić information content (AvgIpc) is 3.14. The van der Waals surface area contributed by atoms with Crippen LogP contribution >= 0.6 is 0 Å². The fourth-order valence-electron chi connectivity index (χ4n) is 2.49. The first kappa shape index (κ1) is 17.0. The Balaban J connectivity index is 2.02. The van der Waals surface area contributed by atoms with Crippen LogP contribution in [-0.2, 0) is 12.5 Å². The molecule has 0 bridgehead atoms. The highest BCUT2D eigenvalue weighted by molar-refractivity contribution is 6.02. The van der Waals surface area contributed by atoms with E-state index in [1.165, 1.54) is 12.1 Å². The Hall–Kier alpha value is -2.89. The molecular weight excluding hydrogens is 319 g/mol. The molecule has 3 aromatic rings. The van der Waals surface area contributed by atoms with Gasteiger partial charge in [-0.3, -0.25) is 4.79 Å². The van der Waals surface area contributed by atoms with E-state index in [0.717, 1.165) is 5.69 Å². The molecule has 2 heterocycles. The predicted molar refractivity (Wildman–Crippen MR) is 95.6 cm³/mol. The lowest BCUT2D eigenvalue weighted by Gasteiger charge is -2.14. The number of nitrogens with one attached hydrogen (secondary N) is 1. The molecule has 0 unspecified atom stereocenters. The summed E-state index contributed by atoms with van der Waals surface area (Å²) >= 11 is 0. The van der Waals surface area contributed by atoms with Gasteiger partial charge in [0.05, 0.1) is 11.4 Å². The molecule has 1 N–H and O–H groups in total. The molecule has 0 aliphatic heterocycles. The smallest absolute Gasteiger partial charge is 0.273 e. The summed E-state index contributed by atoms with van der Waals surface area (Å²) in [6, 6.07) is 11.4. The average molecular weight is 340 g/mol. The molecule has 0 spiro atoms. The summed E-state index contributed by atoms with van der Waals surface area (Å²) in [5.41, 5.74) is 1.87. The van der Waals surface area contributed by atoms with Crippen LogP contribution in [0.15, 0.2) is 48.7 Å². The van der Waals surface area contributed by atoms with Crippen molar-refractivity contribution >= 4 is 11.7 Å². The quantitative estimate of drug-likeness (QED) is 0.786. The lowest BCUT2D eigenvalue weighted by atomic mass is 9.92. The minimum absolute atomic E-state index is 0.185. The molecule has 0 saturated heterocycles. The predicted octanol–water partition coefficient (Wildman–Crippen LogP) is 3.90. The molecule has 1 aromatic carbocycles. The molecule has 5 nitrogen and oxygen atoms in total. The summed E-state index contributed by atoms with van der Waals surface area (Å²) in [7, 11) is 1.81. The van der Waals surface area contributed by atoms with E-state index < -0.39 is 0 Å². The second kappa shape index (κ2) is 6.20. The number of halogens is 1. The lowest BCUT2D eigenvalue weighted by molar-refractivity contribution is 0.101. The molecule has 3 rings (SSSR count). The van der Waals surface area contributed by atoms with Crippen molar-refractivity contribution in [2.24, 2.45) is 7.05 Å². The number of carbonyl (C=O) groups is 1. The van der Waals surface area contributed by atoms with Gasteiger partial charge in [-0.15, -0.1) is 0 Å². The lowest BCUT2D eigenvalue weighted by Crippen LogP contribution is -2.17. The van der Waals surface area contributed by atoms with Crippen LogP contribution in [0.2, 0.25) is 0 Å². The summed E-state index contributed by atoms with van der Waals surface area (Å²) in [5, 5.41) is 7.52. The molecule has 1 amide bonds. The summed E-state index contributed by atoms with van der Waals surface area (Å²) in [6.07, 6.45) is 1.81. The fourth-order valence-corrected chi connectivity index (χ4v) is 2.49. The molecule has 0 aliphatic rings. The van der Waals surface area contributed by atoms with Gasteiger partial charge in [0.2, 0.25) is 0 Å². The molecular formula is C19H21FN4O. The molecule has 0 aliphatic carbocycles. The molecule has 0 radical (unpaired) electrons. The number of nitrogens with zero attached hydrogens (tertiary/aromatic N) is 3. The third-order valence-corrected chi connectivity index (χ3v) is 3.97. The second-order valence-electron chi connectivity index (χ2n) is 7.01. The SMILES string of the molecule is Cn1cccc1C(=O)Nc1cc(C(C)(C)C)nn1-c1ccc(F)cc1. The maximum atomic E-state index is 13.2. The van der Waals surface area contributed by atoms with Crippen molar-refractivity contribution in [2.75, 3.05) is 5.32 Å². The molecule has 0 saturated carbocycles. The van der Waals surface area contributed by atoms with E-state index in [2.05, 4.69) is 10.4 Å². The standard InChI is InChI=1S/C19H21FN4O/c1-19(2,3)16-12-17(21-18(25)15-6-5-11-23(15)4)24(22-16)14-9-7-13(20)8-10-14/h5-12H,1-4H3,(H,21,25). The Morgan fingerprint density at radius 2 is 1.84 bits per heavy atom. The largest absolute Gasteiger partial charge is 0.347 e. The first-order valence-electron chi connectivity index (χ1n) is 8.05. The number of hydrogen-bond donors (Lipinski definition) is 1. The zero-order valence-electron chi connectivity index (χ0n) is 14.7. The van der Waals surface area contributed by atoms with Crippen LogP contribution in [0.3, 0.4) is 0 Å². The van der Waals surface area contributed by atoms with Crippen LogP contribution in [0, 0.1) is 5.82 Å². The van der Waals surface area contributed by atoms with Crippen molar-refractivity contribution in [3.63, 3.8) is 0 Å². The molecule has 25 heavy (non-hydrogen) atoms. The minimum Gasteiger partial charge on any atom is -0.347 e. The number of carbonyl (C=O) groups excluding carboxylic acids is 1. The van der Waals surface area contributed by atoms with Gasteiger partial charge in [-0.1, -0.05) is 20.8 Å². The van der Waals surface area contributed by atoms with E-state index in [4.69, 9.17) is 0 Å². The zero-order chi connectivity index (χ0) is 18.2. The summed E-state index contributed by atoms with van der Waals surface area (Å²) < 4.78 is 16.6. The van der Waals surface area contributed by atoms with Gasteiger partial charge < -0.3 is 9.88 Å². The summed E-state index contributed by atoms with van der Waals surface area (Å²) in [4.78, 5) is 12.6. The number of aromatic nitrogens is 3. The highest BCUT2D eigenvalue weighted by atomic mass is 19.1. The van der Waals surface area contributed by atoms with Crippen molar-refractivity contribution in [1.82, 2.24) is 14.3 Å². The maximum absolute atomic E-state index is 13.2. The van der Waals surface area contributed by atoms with Crippen molar-refractivity contribution in [3.8, 4) is 5.69 Å². The molecule has 2 aromatic heterocycles. The van der Waals surface area contributed by atoms with Crippen LogP contribution < -0.4 is 5.32 Å². The Kier molecular flexibility index (Phi) is 4.20. The Morgan fingerprint density at radius 1 is 1.16 bits per heavy atom. The van der Waals surface area contributed by atoms with Gasteiger partial charge in [-0.2, -0.15) is 5.10 Å². The van der Waals surface area contributed by atoms with Crippen molar-refractivity contribution in [2.45, 2.75) is 26.2 Å². The van der Waals surface area contributed by atoms with Crippen LogP contribution in [0.25, 0.3) is 5.69 Å². The topological polar surface area (TPSA) is 51.9 Å². The number of rotatable bonds is 3. The van der Waals surface area contributed by atoms with E-state index in [0.29, 0.717) is 17.2 Å². The van der Waals surface area contributed by atoms with E-state index in [1.807, 2.05) is 46.1 Å². The normalized spacial score (nSPS) is 11.6. The number of hydrogen-bond acceptors (Lipinski definition) is 2. The first-order chi connectivity index (χ1) is 11.8. The number of amides is 1. The first-order valence-corrected chi connectivity index (χ1v) is 8.05. The van der Waals surface area contributed by atoms with Gasteiger partial charge in [0.15, 0.2) is 0 Å². The number of aryl methyl sites for hydroxylation is 1. The second-order valence-corrected chi connectivity index (χ2v) is 7.01. The monoisotopic (exact) mass is 340 g/mol. The van der Waals surface area contributed by atoms with E-state index in [-0.39, 0.29) is 17.1 Å². The molecule has 0 atom stereocenters. The van der Waals surface area contributed by atoms with E-state index in [1.54, 1.807) is 27.4 Å². The molecule has 6 heteroatoms. The third kappa shape index (κ3) is 3.47. The Morgan fingerprint density at radius 3 is 2.40 bits per heavy atom. The Labute approximate surface area is 146 Å². The third-order valence-electron chi connectivity index (χ3n) is 3.97. The minimum atomic E-state index is -0.318. The van der Waals surface area contributed by atoms with Gasteiger partial charge in [-0.05, 0) is 36.4 Å². The van der Waals surface area contributed by atoms with Gasteiger partial charge in [0.1, 0.15) is 17.3 Å². The summed E-state index contributed by atoms with van der Waals surface area (Å²) in [5.74, 6) is 0.000279. The van der Waals surface area contributed by atoms with Gasteiger partial charge in [-0.25, -0.2) is 9.07 Å². The van der Waals surface area contributed by atoms with Crippen LogP contribution in [0.1, 0.15) is 37.0 Å². The van der Waals surface area contributed by atoms with Crippen LogP contribution in [-0.4, -0.2) is 20.3 Å². The van der Waals surface area contributed by atoms with E-state index >= 15 is 0 Å². The molecule has 0 fully saturated rings. The van der Waals surface area contributed by atoms with Crippen LogP contribution in [0.4, 0.5) is 10.2 Å². The number of anilines is 1.